The molecule has 12 heteroatoms. The lowest BCUT2D eigenvalue weighted by Gasteiger charge is -2.32. The molecule has 0 bridgehead atoms. The number of amides is 1. The van der Waals surface area contributed by atoms with Crippen LogP contribution < -0.4 is 11.1 Å². The number of carbonyl (C=O) groups is 3. The minimum absolute atomic E-state index is 0.158. The highest BCUT2D eigenvalue weighted by Gasteiger charge is 2.34. The molecule has 0 heterocycles. The number of nitrogens with two attached hydrogens (primary N) is 1. The molecule has 0 saturated heterocycles. The van der Waals surface area contributed by atoms with Crippen LogP contribution in [-0.2, 0) is 28.6 Å². The number of thioether (sulfide) groups is 2. The molecule has 0 fully saturated rings. The predicted molar refractivity (Wildman–Crippen MR) is 149 cm³/mol. The lowest BCUT2D eigenvalue weighted by atomic mass is 10.1. The van der Waals surface area contributed by atoms with Crippen LogP contribution in [0.25, 0.3) is 0 Å². The van der Waals surface area contributed by atoms with Crippen LogP contribution in [0.15, 0.2) is 0 Å². The molecule has 10 nitrogen and oxygen atoms in total. The van der Waals surface area contributed by atoms with E-state index < -0.39 is 35.9 Å². The topological polar surface area (TPSA) is 157 Å². The number of nitrogens with one attached hydrogen (secondary N) is 1. The number of hydrogen-bond acceptors (Lipinski definition) is 9. The van der Waals surface area contributed by atoms with Gasteiger partial charge in [0.25, 0.3) is 5.91 Å². The van der Waals surface area contributed by atoms with Crippen molar-refractivity contribution in [2.24, 2.45) is 5.73 Å². The van der Waals surface area contributed by atoms with Crippen LogP contribution in [0.4, 0.5) is 0 Å². The minimum Gasteiger partial charge on any atom is -0.481 e. The highest BCUT2D eigenvalue weighted by Crippen LogP contribution is 2.20. The molecular formula is C25H48N2O8S2. The van der Waals surface area contributed by atoms with Crippen LogP contribution in [0, 0.1) is 0 Å². The van der Waals surface area contributed by atoms with E-state index in [0.717, 1.165) is 5.75 Å². The number of aliphatic carboxylic acids is 2. The van der Waals surface area contributed by atoms with Gasteiger partial charge in [0.05, 0.1) is 25.2 Å². The van der Waals surface area contributed by atoms with E-state index >= 15 is 0 Å². The Balaban J connectivity index is 4.77. The van der Waals surface area contributed by atoms with Gasteiger partial charge in [0, 0.05) is 11.3 Å². The Bertz CT molecular complexity index is 683. The monoisotopic (exact) mass is 568 g/mol. The second-order valence-electron chi connectivity index (χ2n) is 9.68. The van der Waals surface area contributed by atoms with E-state index in [9.17, 15) is 24.6 Å². The van der Waals surface area contributed by atoms with E-state index in [1.165, 1.54) is 0 Å². The Morgan fingerprint density at radius 1 is 1.03 bits per heavy atom. The molecule has 0 radical (unpaired) electrons. The van der Waals surface area contributed by atoms with Gasteiger partial charge in [-0.1, -0.05) is 13.8 Å². The maximum atomic E-state index is 13.0. The molecule has 0 rings (SSSR count). The molecule has 5 N–H and O–H groups in total. The lowest BCUT2D eigenvalue weighted by Crippen LogP contribution is -2.54. The predicted octanol–water partition coefficient (Wildman–Crippen LogP) is 3.35. The molecular weight excluding hydrogens is 520 g/mol. The van der Waals surface area contributed by atoms with Crippen LogP contribution in [0.5, 0.6) is 0 Å². The van der Waals surface area contributed by atoms with Crippen molar-refractivity contribution in [3.05, 3.63) is 0 Å². The van der Waals surface area contributed by atoms with Gasteiger partial charge in [-0.25, -0.2) is 4.79 Å². The number of carboxylic acid groups (broad SMARTS) is 2. The van der Waals surface area contributed by atoms with Crippen LogP contribution in [-0.4, -0.2) is 93.4 Å². The Morgan fingerprint density at radius 3 is 2.16 bits per heavy atom. The van der Waals surface area contributed by atoms with Crippen molar-refractivity contribution in [1.29, 1.82) is 0 Å². The van der Waals surface area contributed by atoms with E-state index in [2.05, 4.69) is 12.2 Å². The fourth-order valence-electron chi connectivity index (χ4n) is 3.53. The van der Waals surface area contributed by atoms with E-state index in [1.54, 1.807) is 44.3 Å². The zero-order valence-corrected chi connectivity index (χ0v) is 25.0. The molecule has 0 aliphatic carbocycles. The summed E-state index contributed by atoms with van der Waals surface area (Å²) in [5.41, 5.74) is 4.63. The first-order valence-electron chi connectivity index (χ1n) is 12.9. The molecule has 0 aromatic heterocycles. The third-order valence-corrected chi connectivity index (χ3v) is 7.30. The van der Waals surface area contributed by atoms with Crippen LogP contribution in [0.3, 0.4) is 0 Å². The molecule has 0 aromatic rings. The quantitative estimate of drug-likeness (QED) is 0.112. The van der Waals surface area contributed by atoms with Crippen molar-refractivity contribution in [3.63, 3.8) is 0 Å². The first-order valence-corrected chi connectivity index (χ1v) is 15.1. The summed E-state index contributed by atoms with van der Waals surface area (Å²) in [6, 6.07) is -0.614. The molecule has 4 unspecified atom stereocenters. The van der Waals surface area contributed by atoms with Gasteiger partial charge in [0.15, 0.2) is 6.10 Å². The van der Waals surface area contributed by atoms with E-state index in [-0.39, 0.29) is 36.4 Å². The van der Waals surface area contributed by atoms with Gasteiger partial charge in [-0.2, -0.15) is 23.5 Å². The number of carboxylic acids is 2. The van der Waals surface area contributed by atoms with Crippen LogP contribution in [0.2, 0.25) is 0 Å². The van der Waals surface area contributed by atoms with E-state index in [4.69, 9.17) is 19.9 Å². The average molecular weight is 569 g/mol. The molecule has 0 spiro atoms. The lowest BCUT2D eigenvalue weighted by molar-refractivity contribution is -0.156. The smallest absolute Gasteiger partial charge is 0.334 e. The van der Waals surface area contributed by atoms with Crippen molar-refractivity contribution >= 4 is 41.4 Å². The molecule has 0 aliphatic heterocycles. The summed E-state index contributed by atoms with van der Waals surface area (Å²) in [5, 5.41) is 21.7. The maximum Gasteiger partial charge on any atom is 0.334 e. The highest BCUT2D eigenvalue weighted by molar-refractivity contribution is 7.99. The van der Waals surface area contributed by atoms with Crippen molar-refractivity contribution in [2.75, 3.05) is 23.9 Å². The normalized spacial score (nSPS) is 16.7. The summed E-state index contributed by atoms with van der Waals surface area (Å²) in [7, 11) is 0. The van der Waals surface area contributed by atoms with Gasteiger partial charge in [-0.15, -0.1) is 0 Å². The maximum absolute atomic E-state index is 13.0. The molecule has 1 amide bonds. The Labute approximate surface area is 230 Å². The highest BCUT2D eigenvalue weighted by atomic mass is 32.2. The van der Waals surface area contributed by atoms with Crippen LogP contribution >= 0.6 is 23.5 Å². The van der Waals surface area contributed by atoms with Crippen molar-refractivity contribution in [1.82, 2.24) is 5.32 Å². The summed E-state index contributed by atoms with van der Waals surface area (Å²) in [5.74, 6) is -0.263. The number of ether oxygens (including phenoxy) is 3. The Kier molecular flexibility index (Phi) is 18.5. The SMILES string of the molecule is CCSC(C)CC(OC(C)C)C(=O)NC(C)(CC(=O)O)OCCCSCC[C@@H](N)C(OC(C)C)C(=O)O. The van der Waals surface area contributed by atoms with E-state index in [0.29, 0.717) is 30.8 Å². The van der Waals surface area contributed by atoms with E-state index in [1.807, 2.05) is 20.8 Å². The molecule has 37 heavy (non-hydrogen) atoms. The molecule has 0 aromatic carbocycles. The first kappa shape index (κ1) is 35.9. The largest absolute Gasteiger partial charge is 0.481 e. The number of rotatable bonds is 22. The van der Waals surface area contributed by atoms with Gasteiger partial charge >= 0.3 is 11.9 Å². The van der Waals surface area contributed by atoms with Gasteiger partial charge in [-0.3, -0.25) is 9.59 Å². The summed E-state index contributed by atoms with van der Waals surface area (Å²) < 4.78 is 17.1. The number of hydrogen-bond donors (Lipinski definition) is 4. The molecule has 5 atom stereocenters. The average Bonchev–Trinajstić information content (AvgIpc) is 2.75. The Hall–Kier alpha value is -1.05. The fourth-order valence-corrected chi connectivity index (χ4v) is 5.38. The standard InChI is InChI=1S/C25H48N2O8S2/c1-8-37-18(6)14-20(34-16(2)3)23(30)27-25(7,15-21(28)29)33-11-9-12-36-13-10-19(26)22(24(31)32)35-17(4)5/h16-20,22H,8-15,26H2,1-7H3,(H,27,30)(H,28,29)(H,31,32)/t18?,19-,20?,22?,25?/m1/s1. The second kappa shape index (κ2) is 19.1. The van der Waals surface area contributed by atoms with Crippen LogP contribution in [0.1, 0.15) is 74.1 Å². The van der Waals surface area contributed by atoms with Crippen molar-refractivity contribution in [2.45, 2.75) is 116 Å². The molecule has 218 valence electrons. The van der Waals surface area contributed by atoms with Gasteiger partial charge in [-0.05, 0) is 71.1 Å². The molecule has 0 aliphatic rings. The van der Waals surface area contributed by atoms with Crippen molar-refractivity contribution < 1.29 is 38.8 Å². The zero-order valence-electron chi connectivity index (χ0n) is 23.4. The zero-order chi connectivity index (χ0) is 28.6. The fraction of sp³-hybridized carbons (Fsp3) is 0.880. The Morgan fingerprint density at radius 2 is 1.65 bits per heavy atom. The van der Waals surface area contributed by atoms with Crippen molar-refractivity contribution in [3.8, 4) is 0 Å². The molecule has 0 saturated carbocycles. The van der Waals surface area contributed by atoms with Gasteiger partial charge < -0.3 is 35.5 Å². The summed E-state index contributed by atoms with van der Waals surface area (Å²) in [6.45, 7) is 13.1. The summed E-state index contributed by atoms with van der Waals surface area (Å²) in [6.07, 6.45) is -0.926. The summed E-state index contributed by atoms with van der Waals surface area (Å²) in [4.78, 5) is 35.9. The third-order valence-electron chi connectivity index (χ3n) is 5.10. The third kappa shape index (κ3) is 17.2. The minimum atomic E-state index is -1.38. The second-order valence-corrected chi connectivity index (χ2v) is 12.6. The van der Waals surface area contributed by atoms with Gasteiger partial charge in [0.2, 0.25) is 0 Å². The first-order chi connectivity index (χ1) is 17.2. The number of carbonyl (C=O) groups excluding carboxylic acids is 1. The van der Waals surface area contributed by atoms with Gasteiger partial charge in [0.1, 0.15) is 11.8 Å². The summed E-state index contributed by atoms with van der Waals surface area (Å²) >= 11 is 3.33.